The minimum absolute atomic E-state index is 0.0175. The van der Waals surface area contributed by atoms with Gasteiger partial charge in [-0.05, 0) is 25.5 Å². The SMILES string of the molecule is Cc1ccc(C(=O)N2CCOC(C#N)C2)c(C)c1. The maximum atomic E-state index is 12.4. The highest BCUT2D eigenvalue weighted by molar-refractivity contribution is 5.95. The lowest BCUT2D eigenvalue weighted by Gasteiger charge is -2.30. The predicted molar refractivity (Wildman–Crippen MR) is 67.2 cm³/mol. The zero-order valence-electron chi connectivity index (χ0n) is 10.6. The summed E-state index contributed by atoms with van der Waals surface area (Å²) in [5.41, 5.74) is 2.82. The second-order valence-electron chi connectivity index (χ2n) is 4.56. The van der Waals surface area contributed by atoms with Gasteiger partial charge in [0, 0.05) is 12.1 Å². The average Bonchev–Trinajstić information content (AvgIpc) is 2.38. The number of nitrogens with zero attached hydrogens (tertiary/aromatic N) is 2. The number of amides is 1. The van der Waals surface area contributed by atoms with Crippen LogP contribution in [0.2, 0.25) is 0 Å². The van der Waals surface area contributed by atoms with E-state index < -0.39 is 6.10 Å². The third-order valence-corrected chi connectivity index (χ3v) is 3.11. The van der Waals surface area contributed by atoms with E-state index in [-0.39, 0.29) is 5.91 Å². The van der Waals surface area contributed by atoms with Crippen LogP contribution in [0.1, 0.15) is 21.5 Å². The Morgan fingerprint density at radius 1 is 1.50 bits per heavy atom. The van der Waals surface area contributed by atoms with Crippen molar-refractivity contribution in [3.8, 4) is 6.07 Å². The summed E-state index contributed by atoms with van der Waals surface area (Å²) in [6.07, 6.45) is -0.506. The second kappa shape index (κ2) is 5.19. The molecule has 0 radical (unpaired) electrons. The van der Waals surface area contributed by atoms with Gasteiger partial charge in [0.1, 0.15) is 0 Å². The predicted octanol–water partition coefficient (Wildman–Crippen LogP) is 1.67. The third kappa shape index (κ3) is 2.52. The first-order valence-electron chi connectivity index (χ1n) is 5.99. The van der Waals surface area contributed by atoms with Crippen LogP contribution in [0, 0.1) is 25.2 Å². The molecule has 4 heteroatoms. The van der Waals surface area contributed by atoms with E-state index in [9.17, 15) is 4.79 Å². The molecule has 1 saturated heterocycles. The molecule has 1 unspecified atom stereocenters. The lowest BCUT2D eigenvalue weighted by Crippen LogP contribution is -2.45. The number of morpholine rings is 1. The standard InChI is InChI=1S/C14H16N2O2/c1-10-3-4-13(11(2)7-10)14(17)16-5-6-18-12(8-15)9-16/h3-4,7,12H,5-6,9H2,1-2H3. The number of carbonyl (C=O) groups excluding carboxylic acids is 1. The molecular weight excluding hydrogens is 228 g/mol. The first-order chi connectivity index (χ1) is 8.61. The van der Waals surface area contributed by atoms with Gasteiger partial charge in [-0.1, -0.05) is 17.7 Å². The van der Waals surface area contributed by atoms with Gasteiger partial charge in [-0.25, -0.2) is 0 Å². The molecule has 1 aromatic carbocycles. The zero-order chi connectivity index (χ0) is 13.1. The molecule has 1 heterocycles. The van der Waals surface area contributed by atoms with Crippen LogP contribution in [0.25, 0.3) is 0 Å². The molecular formula is C14H16N2O2. The van der Waals surface area contributed by atoms with Crippen molar-refractivity contribution in [3.63, 3.8) is 0 Å². The third-order valence-electron chi connectivity index (χ3n) is 3.11. The van der Waals surface area contributed by atoms with Crippen molar-refractivity contribution >= 4 is 5.91 Å². The minimum atomic E-state index is -0.506. The van der Waals surface area contributed by atoms with Gasteiger partial charge in [-0.3, -0.25) is 4.79 Å². The zero-order valence-corrected chi connectivity index (χ0v) is 10.6. The number of carbonyl (C=O) groups is 1. The number of hydrogen-bond donors (Lipinski definition) is 0. The smallest absolute Gasteiger partial charge is 0.254 e. The molecule has 0 bridgehead atoms. The molecule has 2 rings (SSSR count). The van der Waals surface area contributed by atoms with Crippen LogP contribution >= 0.6 is 0 Å². The number of rotatable bonds is 1. The molecule has 18 heavy (non-hydrogen) atoms. The van der Waals surface area contributed by atoms with Crippen LogP contribution in [0.15, 0.2) is 18.2 Å². The molecule has 1 aliphatic rings. The Bertz CT molecular complexity index is 505. The van der Waals surface area contributed by atoms with Gasteiger partial charge < -0.3 is 9.64 Å². The van der Waals surface area contributed by atoms with Crippen molar-refractivity contribution in [2.24, 2.45) is 0 Å². The molecule has 0 spiro atoms. The van der Waals surface area contributed by atoms with Crippen molar-refractivity contribution in [3.05, 3.63) is 34.9 Å². The molecule has 1 amide bonds. The summed E-state index contributed by atoms with van der Waals surface area (Å²) in [6.45, 7) is 5.26. The number of benzene rings is 1. The van der Waals surface area contributed by atoms with Crippen molar-refractivity contribution < 1.29 is 9.53 Å². The quantitative estimate of drug-likeness (QED) is 0.755. The fourth-order valence-electron chi connectivity index (χ4n) is 2.14. The van der Waals surface area contributed by atoms with Gasteiger partial charge in [0.15, 0.2) is 6.10 Å². The summed E-state index contributed by atoms with van der Waals surface area (Å²) in [4.78, 5) is 14.0. The molecule has 0 saturated carbocycles. The maximum Gasteiger partial charge on any atom is 0.254 e. The van der Waals surface area contributed by atoms with E-state index >= 15 is 0 Å². The Kier molecular flexibility index (Phi) is 3.63. The maximum absolute atomic E-state index is 12.4. The molecule has 0 aliphatic carbocycles. The summed E-state index contributed by atoms with van der Waals surface area (Å²) in [5.74, 6) is -0.0175. The van der Waals surface area contributed by atoms with E-state index in [4.69, 9.17) is 10.00 Å². The van der Waals surface area contributed by atoms with Gasteiger partial charge in [0.05, 0.1) is 19.2 Å². The van der Waals surface area contributed by atoms with Crippen LogP contribution in [0.5, 0.6) is 0 Å². The van der Waals surface area contributed by atoms with E-state index in [1.54, 1.807) is 4.90 Å². The van der Waals surface area contributed by atoms with Crippen LogP contribution in [-0.4, -0.2) is 36.6 Å². The van der Waals surface area contributed by atoms with E-state index in [1.165, 1.54) is 0 Å². The Morgan fingerprint density at radius 3 is 2.94 bits per heavy atom. The fourth-order valence-corrected chi connectivity index (χ4v) is 2.14. The Labute approximate surface area is 107 Å². The summed E-state index contributed by atoms with van der Waals surface area (Å²) in [5, 5.41) is 8.84. The first kappa shape index (κ1) is 12.6. The van der Waals surface area contributed by atoms with Crippen molar-refractivity contribution in [2.75, 3.05) is 19.7 Å². The van der Waals surface area contributed by atoms with Crippen LogP contribution in [0.3, 0.4) is 0 Å². The van der Waals surface area contributed by atoms with Crippen LogP contribution < -0.4 is 0 Å². The summed E-state index contributed by atoms with van der Waals surface area (Å²) in [7, 11) is 0. The highest BCUT2D eigenvalue weighted by Crippen LogP contribution is 2.15. The topological polar surface area (TPSA) is 53.3 Å². The number of hydrogen-bond acceptors (Lipinski definition) is 3. The minimum Gasteiger partial charge on any atom is -0.360 e. The summed E-state index contributed by atoms with van der Waals surface area (Å²) >= 11 is 0. The molecule has 94 valence electrons. The number of nitriles is 1. The van der Waals surface area contributed by atoms with E-state index in [0.29, 0.717) is 25.3 Å². The summed E-state index contributed by atoms with van der Waals surface area (Å²) in [6, 6.07) is 7.83. The summed E-state index contributed by atoms with van der Waals surface area (Å²) < 4.78 is 5.24. The molecule has 0 N–H and O–H groups in total. The second-order valence-corrected chi connectivity index (χ2v) is 4.56. The van der Waals surface area contributed by atoms with E-state index in [1.807, 2.05) is 38.1 Å². The van der Waals surface area contributed by atoms with Crippen LogP contribution in [0.4, 0.5) is 0 Å². The number of aryl methyl sites for hydroxylation is 2. The lowest BCUT2D eigenvalue weighted by atomic mass is 10.0. The van der Waals surface area contributed by atoms with Crippen LogP contribution in [-0.2, 0) is 4.74 Å². The molecule has 4 nitrogen and oxygen atoms in total. The Hall–Kier alpha value is -1.86. The van der Waals surface area contributed by atoms with Gasteiger partial charge in [0.25, 0.3) is 5.91 Å². The first-order valence-corrected chi connectivity index (χ1v) is 5.99. The largest absolute Gasteiger partial charge is 0.360 e. The van der Waals surface area contributed by atoms with Crippen molar-refractivity contribution in [2.45, 2.75) is 20.0 Å². The highest BCUT2D eigenvalue weighted by Gasteiger charge is 2.25. The highest BCUT2D eigenvalue weighted by atomic mass is 16.5. The van der Waals surface area contributed by atoms with E-state index in [0.717, 1.165) is 11.1 Å². The Balaban J connectivity index is 2.18. The monoisotopic (exact) mass is 244 g/mol. The fraction of sp³-hybridized carbons (Fsp3) is 0.429. The van der Waals surface area contributed by atoms with Gasteiger partial charge in [-0.2, -0.15) is 5.26 Å². The molecule has 1 aliphatic heterocycles. The van der Waals surface area contributed by atoms with Crippen molar-refractivity contribution in [1.82, 2.24) is 4.90 Å². The number of ether oxygens (including phenoxy) is 1. The van der Waals surface area contributed by atoms with Gasteiger partial charge in [-0.15, -0.1) is 0 Å². The normalized spacial score (nSPS) is 19.4. The molecule has 1 aromatic rings. The average molecular weight is 244 g/mol. The molecule has 0 aromatic heterocycles. The molecule has 1 fully saturated rings. The van der Waals surface area contributed by atoms with Gasteiger partial charge in [0.2, 0.25) is 0 Å². The Morgan fingerprint density at radius 2 is 2.28 bits per heavy atom. The van der Waals surface area contributed by atoms with Gasteiger partial charge >= 0.3 is 0 Å². The van der Waals surface area contributed by atoms with Crippen molar-refractivity contribution in [1.29, 1.82) is 5.26 Å². The molecule has 1 atom stereocenters. The lowest BCUT2D eigenvalue weighted by molar-refractivity contribution is 0.00343. The van der Waals surface area contributed by atoms with E-state index in [2.05, 4.69) is 0 Å².